The first-order chi connectivity index (χ1) is 5.86. The van der Waals surface area contributed by atoms with Crippen LogP contribution in [0.2, 0.25) is 0 Å². The van der Waals surface area contributed by atoms with Crippen molar-refractivity contribution in [2.45, 2.75) is 0 Å². The van der Waals surface area contributed by atoms with Crippen molar-refractivity contribution in [1.29, 1.82) is 0 Å². The van der Waals surface area contributed by atoms with E-state index in [-0.39, 0.29) is 0 Å². The third-order valence-corrected chi connectivity index (χ3v) is 2.18. The average molecular weight is 157 g/mol. The van der Waals surface area contributed by atoms with Gasteiger partial charge in [0.2, 0.25) is 0 Å². The van der Waals surface area contributed by atoms with Crippen LogP contribution < -0.4 is 10.5 Å². The first kappa shape index (κ1) is 5.89. The summed E-state index contributed by atoms with van der Waals surface area (Å²) in [6, 6.07) is 10.0. The summed E-state index contributed by atoms with van der Waals surface area (Å²) in [6.45, 7) is 0. The van der Waals surface area contributed by atoms with E-state index in [1.54, 1.807) is 0 Å². The van der Waals surface area contributed by atoms with Crippen LogP contribution in [-0.4, -0.2) is 0 Å². The molecule has 0 bridgehead atoms. The SMILES string of the molecule is Nc1c2c(cc3ccccc13)O2. The number of rotatable bonds is 0. The van der Waals surface area contributed by atoms with Gasteiger partial charge in [0.05, 0.1) is 5.69 Å². The second kappa shape index (κ2) is 1.72. The van der Waals surface area contributed by atoms with Gasteiger partial charge >= 0.3 is 0 Å². The number of hydrogen-bond acceptors (Lipinski definition) is 2. The van der Waals surface area contributed by atoms with Gasteiger partial charge in [-0.3, -0.25) is 0 Å². The third-order valence-electron chi connectivity index (χ3n) is 2.18. The predicted octanol–water partition coefficient (Wildman–Crippen LogP) is 2.53. The second-order valence-corrected chi connectivity index (χ2v) is 2.94. The van der Waals surface area contributed by atoms with Crippen LogP contribution in [0.15, 0.2) is 30.3 Å². The standard InChI is InChI=1S/C10H7NO/c11-9-7-4-2-1-3-6(7)5-8-10(9)12-8/h1-5H,11H2. The van der Waals surface area contributed by atoms with Crippen molar-refractivity contribution in [3.05, 3.63) is 30.3 Å². The molecule has 2 aromatic carbocycles. The Labute approximate surface area is 69.6 Å². The Kier molecular flexibility index (Phi) is 0.844. The van der Waals surface area contributed by atoms with Crippen LogP contribution in [0.1, 0.15) is 0 Å². The molecule has 1 aliphatic heterocycles. The zero-order chi connectivity index (χ0) is 8.13. The van der Waals surface area contributed by atoms with Crippen molar-refractivity contribution in [2.75, 3.05) is 5.73 Å². The van der Waals surface area contributed by atoms with Gasteiger partial charge in [0, 0.05) is 5.39 Å². The molecule has 0 fully saturated rings. The fourth-order valence-electron chi connectivity index (χ4n) is 1.50. The molecule has 0 radical (unpaired) electrons. The Morgan fingerprint density at radius 2 is 2.00 bits per heavy atom. The Balaban J connectivity index is 2.55. The molecule has 0 aliphatic carbocycles. The Hall–Kier alpha value is -1.70. The molecule has 0 amide bonds. The van der Waals surface area contributed by atoms with Crippen molar-refractivity contribution >= 4 is 16.5 Å². The van der Waals surface area contributed by atoms with E-state index in [4.69, 9.17) is 10.5 Å². The predicted molar refractivity (Wildman–Crippen MR) is 48.4 cm³/mol. The van der Waals surface area contributed by atoms with E-state index in [0.29, 0.717) is 0 Å². The lowest BCUT2D eigenvalue weighted by Gasteiger charge is -1.95. The lowest BCUT2D eigenvalue weighted by Crippen LogP contribution is -1.82. The molecule has 2 N–H and O–H groups in total. The maximum atomic E-state index is 5.85. The van der Waals surface area contributed by atoms with E-state index in [9.17, 15) is 0 Å². The van der Waals surface area contributed by atoms with Gasteiger partial charge < -0.3 is 10.5 Å². The molecule has 2 aromatic rings. The van der Waals surface area contributed by atoms with Gasteiger partial charge in [-0.25, -0.2) is 0 Å². The van der Waals surface area contributed by atoms with E-state index in [1.165, 1.54) is 0 Å². The van der Waals surface area contributed by atoms with Crippen LogP contribution in [0.3, 0.4) is 0 Å². The molecule has 1 heterocycles. The van der Waals surface area contributed by atoms with Gasteiger partial charge in [-0.15, -0.1) is 0 Å². The van der Waals surface area contributed by atoms with Crippen molar-refractivity contribution in [3.63, 3.8) is 0 Å². The number of benzene rings is 2. The molecule has 2 heteroatoms. The Morgan fingerprint density at radius 3 is 2.92 bits per heavy atom. The monoisotopic (exact) mass is 157 g/mol. The quantitative estimate of drug-likeness (QED) is 0.402. The molecule has 0 saturated heterocycles. The molecule has 58 valence electrons. The fraction of sp³-hybridized carbons (Fsp3) is 0. The molecule has 12 heavy (non-hydrogen) atoms. The number of fused-ring (bicyclic) bond motifs is 2. The molecule has 0 aromatic heterocycles. The summed E-state index contributed by atoms with van der Waals surface area (Å²) >= 11 is 0. The highest BCUT2D eigenvalue weighted by Crippen LogP contribution is 2.53. The van der Waals surface area contributed by atoms with Gasteiger partial charge in [-0.1, -0.05) is 24.3 Å². The molecule has 0 saturated carbocycles. The lowest BCUT2D eigenvalue weighted by atomic mass is 10.1. The summed E-state index contributed by atoms with van der Waals surface area (Å²) < 4.78 is 5.19. The summed E-state index contributed by atoms with van der Waals surface area (Å²) in [5.74, 6) is 1.78. The minimum Gasteiger partial charge on any atom is -0.447 e. The number of hydrogen-bond donors (Lipinski definition) is 1. The number of nitrogen functional groups attached to an aromatic ring is 1. The molecule has 0 atom stereocenters. The highest BCUT2D eigenvalue weighted by Gasteiger charge is 2.24. The van der Waals surface area contributed by atoms with Gasteiger partial charge in [0.15, 0.2) is 11.5 Å². The minimum absolute atomic E-state index is 0.767. The normalized spacial score (nSPS) is 12.3. The van der Waals surface area contributed by atoms with Gasteiger partial charge in [-0.05, 0) is 11.5 Å². The van der Waals surface area contributed by atoms with Crippen molar-refractivity contribution in [3.8, 4) is 11.5 Å². The van der Waals surface area contributed by atoms with Crippen LogP contribution in [0.5, 0.6) is 11.5 Å². The van der Waals surface area contributed by atoms with Crippen LogP contribution >= 0.6 is 0 Å². The van der Waals surface area contributed by atoms with Crippen LogP contribution in [0.4, 0.5) is 5.69 Å². The van der Waals surface area contributed by atoms with E-state index in [1.807, 2.05) is 30.3 Å². The molecule has 2 nitrogen and oxygen atoms in total. The smallest absolute Gasteiger partial charge is 0.193 e. The fourth-order valence-corrected chi connectivity index (χ4v) is 1.50. The molecule has 0 unspecified atom stereocenters. The maximum Gasteiger partial charge on any atom is 0.193 e. The van der Waals surface area contributed by atoms with E-state index < -0.39 is 0 Å². The summed E-state index contributed by atoms with van der Waals surface area (Å²) in [7, 11) is 0. The Morgan fingerprint density at radius 1 is 1.17 bits per heavy atom. The van der Waals surface area contributed by atoms with E-state index in [2.05, 4.69) is 0 Å². The largest absolute Gasteiger partial charge is 0.447 e. The van der Waals surface area contributed by atoms with Gasteiger partial charge in [-0.2, -0.15) is 0 Å². The zero-order valence-corrected chi connectivity index (χ0v) is 6.37. The zero-order valence-electron chi connectivity index (χ0n) is 6.37. The van der Waals surface area contributed by atoms with Gasteiger partial charge in [0.1, 0.15) is 0 Å². The number of anilines is 1. The first-order valence-corrected chi connectivity index (χ1v) is 3.85. The number of nitrogens with two attached hydrogens (primary N) is 1. The summed E-state index contributed by atoms with van der Waals surface area (Å²) in [4.78, 5) is 0. The summed E-state index contributed by atoms with van der Waals surface area (Å²) in [5, 5.41) is 2.22. The molecular formula is C10H7NO. The highest BCUT2D eigenvalue weighted by molar-refractivity contribution is 6.00. The topological polar surface area (TPSA) is 38.5 Å². The number of ether oxygens (including phenoxy) is 1. The van der Waals surface area contributed by atoms with Crippen LogP contribution in [-0.2, 0) is 0 Å². The van der Waals surface area contributed by atoms with E-state index in [0.717, 1.165) is 28.0 Å². The molecule has 3 rings (SSSR count). The third kappa shape index (κ3) is 0.593. The molecule has 0 spiro atoms. The molecule has 1 aliphatic rings. The van der Waals surface area contributed by atoms with Crippen molar-refractivity contribution in [1.82, 2.24) is 0 Å². The minimum atomic E-state index is 0.767. The van der Waals surface area contributed by atoms with Crippen LogP contribution in [0, 0.1) is 0 Å². The average Bonchev–Trinajstić information content (AvgIpc) is 2.84. The van der Waals surface area contributed by atoms with Crippen molar-refractivity contribution < 1.29 is 4.74 Å². The van der Waals surface area contributed by atoms with Crippen LogP contribution in [0.25, 0.3) is 10.8 Å². The first-order valence-electron chi connectivity index (χ1n) is 3.85. The second-order valence-electron chi connectivity index (χ2n) is 2.94. The molecular weight excluding hydrogens is 150 g/mol. The van der Waals surface area contributed by atoms with Crippen molar-refractivity contribution in [2.24, 2.45) is 0 Å². The summed E-state index contributed by atoms with van der Waals surface area (Å²) in [6.07, 6.45) is 0. The summed E-state index contributed by atoms with van der Waals surface area (Å²) in [5.41, 5.74) is 6.61. The lowest BCUT2D eigenvalue weighted by molar-refractivity contribution is 0.651. The van der Waals surface area contributed by atoms with E-state index >= 15 is 0 Å². The highest BCUT2D eigenvalue weighted by atomic mass is 16.6. The van der Waals surface area contributed by atoms with Gasteiger partial charge in [0.25, 0.3) is 0 Å². The Bertz CT molecular complexity index is 476. The maximum absolute atomic E-state index is 5.85.